The van der Waals surface area contributed by atoms with E-state index in [0.717, 1.165) is 56.8 Å². The van der Waals surface area contributed by atoms with Crippen LogP contribution in [0.15, 0.2) is 12.1 Å². The van der Waals surface area contributed by atoms with Crippen molar-refractivity contribution in [2.24, 2.45) is 0 Å². The van der Waals surface area contributed by atoms with Crippen molar-refractivity contribution < 1.29 is 4.79 Å². The van der Waals surface area contributed by atoms with E-state index in [-0.39, 0.29) is 11.6 Å². The van der Waals surface area contributed by atoms with E-state index in [1.807, 2.05) is 0 Å². The Kier molecular flexibility index (Phi) is 4.60. The van der Waals surface area contributed by atoms with Gasteiger partial charge in [0.2, 0.25) is 0 Å². The van der Waals surface area contributed by atoms with Crippen LogP contribution in [0.1, 0.15) is 29.5 Å². The van der Waals surface area contributed by atoms with Crippen molar-refractivity contribution in [2.45, 2.75) is 39.2 Å². The zero-order valence-electron chi connectivity index (χ0n) is 14.5. The lowest BCUT2D eigenvalue weighted by molar-refractivity contribution is 0.0690. The highest BCUT2D eigenvalue weighted by molar-refractivity contribution is 5.91. The summed E-state index contributed by atoms with van der Waals surface area (Å²) in [6.45, 7) is 10.7. The molecule has 0 radical (unpaired) electrons. The summed E-state index contributed by atoms with van der Waals surface area (Å²) in [5, 5.41) is 10.0. The Balaban J connectivity index is 1.80. The van der Waals surface area contributed by atoms with Gasteiger partial charge in [-0.05, 0) is 69.5 Å². The van der Waals surface area contributed by atoms with E-state index in [0.29, 0.717) is 0 Å². The summed E-state index contributed by atoms with van der Waals surface area (Å²) in [7, 11) is 0. The molecule has 2 saturated heterocycles. The molecule has 2 aliphatic heterocycles. The molecule has 126 valence electrons. The maximum atomic E-state index is 13.0. The average Bonchev–Trinajstić information content (AvgIpc) is 2.53. The van der Waals surface area contributed by atoms with Crippen molar-refractivity contribution in [1.29, 1.82) is 0 Å². The summed E-state index contributed by atoms with van der Waals surface area (Å²) in [4.78, 5) is 15.0. The van der Waals surface area contributed by atoms with Gasteiger partial charge in [0.15, 0.2) is 0 Å². The fourth-order valence-corrected chi connectivity index (χ4v) is 3.78. The lowest BCUT2D eigenvalue weighted by Crippen LogP contribution is -2.66. The van der Waals surface area contributed by atoms with Crippen LogP contribution in [-0.4, -0.2) is 49.2 Å². The highest BCUT2D eigenvalue weighted by Gasteiger charge is 2.42. The molecule has 2 amide bonds. The van der Waals surface area contributed by atoms with E-state index in [9.17, 15) is 4.79 Å². The first-order valence-electron chi connectivity index (χ1n) is 8.60. The first-order valence-corrected chi connectivity index (χ1v) is 8.60. The first kappa shape index (κ1) is 16.3. The van der Waals surface area contributed by atoms with Crippen LogP contribution in [0, 0.1) is 20.8 Å². The van der Waals surface area contributed by atoms with E-state index in [2.05, 4.69) is 53.8 Å². The van der Waals surface area contributed by atoms with Crippen molar-refractivity contribution in [1.82, 2.24) is 15.5 Å². The zero-order valence-corrected chi connectivity index (χ0v) is 14.5. The third-order valence-corrected chi connectivity index (χ3v) is 5.40. The molecule has 23 heavy (non-hydrogen) atoms. The maximum Gasteiger partial charge on any atom is 0.322 e. The van der Waals surface area contributed by atoms with Gasteiger partial charge in [0.25, 0.3) is 0 Å². The molecule has 2 fully saturated rings. The van der Waals surface area contributed by atoms with Gasteiger partial charge in [-0.2, -0.15) is 0 Å². The molecular weight excluding hydrogens is 288 g/mol. The number of rotatable bonds is 1. The summed E-state index contributed by atoms with van der Waals surface area (Å²) < 4.78 is 0. The highest BCUT2D eigenvalue weighted by Crippen LogP contribution is 2.29. The van der Waals surface area contributed by atoms with E-state index in [1.54, 1.807) is 0 Å². The monoisotopic (exact) mass is 316 g/mol. The van der Waals surface area contributed by atoms with Crippen molar-refractivity contribution in [3.05, 3.63) is 28.8 Å². The lowest BCUT2D eigenvalue weighted by atomic mass is 9.85. The SMILES string of the molecule is Cc1cc(C)c(NC(=O)N2CCNCC23CCNCC3)cc1C. The Bertz CT molecular complexity index is 585. The number of hydrogen-bond donors (Lipinski definition) is 3. The third-order valence-electron chi connectivity index (χ3n) is 5.40. The van der Waals surface area contributed by atoms with Crippen molar-refractivity contribution in [2.75, 3.05) is 38.0 Å². The molecule has 1 aromatic carbocycles. The first-order chi connectivity index (χ1) is 11.0. The smallest absolute Gasteiger partial charge is 0.317 e. The van der Waals surface area contributed by atoms with Crippen LogP contribution in [0.2, 0.25) is 0 Å². The number of piperazine rings is 1. The molecule has 0 aromatic heterocycles. The van der Waals surface area contributed by atoms with Gasteiger partial charge in [-0.3, -0.25) is 0 Å². The maximum absolute atomic E-state index is 13.0. The fraction of sp³-hybridized carbons (Fsp3) is 0.611. The van der Waals surface area contributed by atoms with Crippen LogP contribution in [0.25, 0.3) is 0 Å². The van der Waals surface area contributed by atoms with Crippen LogP contribution in [0.5, 0.6) is 0 Å². The summed E-state index contributed by atoms with van der Waals surface area (Å²) in [5.74, 6) is 0. The minimum atomic E-state index is -0.0404. The highest BCUT2D eigenvalue weighted by atomic mass is 16.2. The lowest BCUT2D eigenvalue weighted by Gasteiger charge is -2.49. The number of anilines is 1. The molecule has 0 aliphatic carbocycles. The third kappa shape index (κ3) is 3.21. The largest absolute Gasteiger partial charge is 0.322 e. The number of aryl methyl sites for hydroxylation is 3. The molecule has 0 unspecified atom stereocenters. The van der Waals surface area contributed by atoms with Gasteiger partial charge in [-0.25, -0.2) is 4.79 Å². The molecule has 2 heterocycles. The second-order valence-corrected chi connectivity index (χ2v) is 6.98. The van der Waals surface area contributed by atoms with Crippen molar-refractivity contribution in [3.63, 3.8) is 0 Å². The number of piperidine rings is 1. The molecule has 5 nitrogen and oxygen atoms in total. The number of carbonyl (C=O) groups is 1. The molecule has 2 aliphatic rings. The van der Waals surface area contributed by atoms with Gasteiger partial charge in [0, 0.05) is 25.3 Å². The van der Waals surface area contributed by atoms with E-state index < -0.39 is 0 Å². The molecule has 3 N–H and O–H groups in total. The molecule has 1 aromatic rings. The van der Waals surface area contributed by atoms with Crippen LogP contribution in [-0.2, 0) is 0 Å². The van der Waals surface area contributed by atoms with E-state index in [1.165, 1.54) is 11.1 Å². The summed E-state index contributed by atoms with van der Waals surface area (Å²) in [6.07, 6.45) is 2.03. The van der Waals surface area contributed by atoms with Crippen LogP contribution in [0.3, 0.4) is 0 Å². The Morgan fingerprint density at radius 1 is 1.04 bits per heavy atom. The normalized spacial score (nSPS) is 20.6. The summed E-state index contributed by atoms with van der Waals surface area (Å²) >= 11 is 0. The van der Waals surface area contributed by atoms with Crippen LogP contribution >= 0.6 is 0 Å². The molecule has 1 spiro atoms. The molecule has 0 saturated carbocycles. The number of nitrogens with zero attached hydrogens (tertiary/aromatic N) is 1. The predicted molar refractivity (Wildman–Crippen MR) is 94.1 cm³/mol. The second kappa shape index (κ2) is 6.49. The summed E-state index contributed by atoms with van der Waals surface area (Å²) in [5.41, 5.74) is 4.48. The Hall–Kier alpha value is -1.59. The van der Waals surface area contributed by atoms with Crippen molar-refractivity contribution >= 4 is 11.7 Å². The average molecular weight is 316 g/mol. The van der Waals surface area contributed by atoms with Gasteiger partial charge < -0.3 is 20.9 Å². The summed E-state index contributed by atoms with van der Waals surface area (Å²) in [6, 6.07) is 4.27. The molecule has 0 atom stereocenters. The topological polar surface area (TPSA) is 56.4 Å². The van der Waals surface area contributed by atoms with Crippen molar-refractivity contribution in [3.8, 4) is 0 Å². The number of carbonyl (C=O) groups excluding carboxylic acids is 1. The van der Waals surface area contributed by atoms with Gasteiger partial charge in [0.1, 0.15) is 0 Å². The quantitative estimate of drug-likeness (QED) is 0.744. The number of amides is 2. The van der Waals surface area contributed by atoms with Crippen LogP contribution < -0.4 is 16.0 Å². The fourth-order valence-electron chi connectivity index (χ4n) is 3.78. The van der Waals surface area contributed by atoms with E-state index in [4.69, 9.17) is 0 Å². The second-order valence-electron chi connectivity index (χ2n) is 6.98. The van der Waals surface area contributed by atoms with Crippen LogP contribution in [0.4, 0.5) is 10.5 Å². The molecule has 3 rings (SSSR count). The number of hydrogen-bond acceptors (Lipinski definition) is 3. The zero-order chi connectivity index (χ0) is 16.4. The minimum Gasteiger partial charge on any atom is -0.317 e. The number of nitrogens with one attached hydrogen (secondary N) is 3. The van der Waals surface area contributed by atoms with Gasteiger partial charge >= 0.3 is 6.03 Å². The molecule has 0 bridgehead atoms. The Morgan fingerprint density at radius 3 is 2.48 bits per heavy atom. The Morgan fingerprint density at radius 2 is 1.74 bits per heavy atom. The molecule has 5 heteroatoms. The van der Waals surface area contributed by atoms with E-state index >= 15 is 0 Å². The van der Waals surface area contributed by atoms with Gasteiger partial charge in [-0.15, -0.1) is 0 Å². The van der Waals surface area contributed by atoms with Gasteiger partial charge in [-0.1, -0.05) is 6.07 Å². The Labute approximate surface area is 138 Å². The predicted octanol–water partition coefficient (Wildman–Crippen LogP) is 2.17. The number of urea groups is 1. The number of benzene rings is 1. The molecular formula is C18H28N4O. The van der Waals surface area contributed by atoms with Gasteiger partial charge in [0.05, 0.1) is 5.54 Å². The standard InChI is InChI=1S/C18H28N4O/c1-13-10-15(3)16(11-14(13)2)21-17(23)22-9-8-20-12-18(22)4-6-19-7-5-18/h10-11,19-20H,4-9,12H2,1-3H3,(H,21,23). The minimum absolute atomic E-state index is 0.0404.